The lowest BCUT2D eigenvalue weighted by molar-refractivity contribution is 0.119. The van der Waals surface area contributed by atoms with E-state index in [1.807, 2.05) is 48.5 Å². The van der Waals surface area contributed by atoms with Gasteiger partial charge in [-0.15, -0.1) is 0 Å². The first kappa shape index (κ1) is 33.0. The molecule has 11 rings (SSSR count). The summed E-state index contributed by atoms with van der Waals surface area (Å²) in [5.74, 6) is 3.39. The van der Waals surface area contributed by atoms with Gasteiger partial charge in [-0.1, -0.05) is 88.4 Å². The van der Waals surface area contributed by atoms with Gasteiger partial charge in [-0.3, -0.25) is 0 Å². The van der Waals surface area contributed by atoms with Crippen LogP contribution in [0.3, 0.4) is 0 Å². The van der Waals surface area contributed by atoms with Gasteiger partial charge in [0.15, 0.2) is 0 Å². The van der Waals surface area contributed by atoms with Crippen molar-refractivity contribution >= 4 is 66.4 Å². The van der Waals surface area contributed by atoms with Crippen molar-refractivity contribution in [1.82, 2.24) is 0 Å². The van der Waals surface area contributed by atoms with Crippen molar-refractivity contribution in [2.75, 3.05) is 23.4 Å². The van der Waals surface area contributed by atoms with Crippen LogP contribution >= 0.6 is 0 Å². The van der Waals surface area contributed by atoms with Crippen LogP contribution in [-0.2, 0) is 11.8 Å². The van der Waals surface area contributed by atoms with Crippen molar-refractivity contribution in [3.8, 4) is 23.0 Å². The quantitative estimate of drug-likeness (QED) is 0.168. The summed E-state index contributed by atoms with van der Waals surface area (Å²) < 4.78 is 25.2. The number of hydrogen-bond donors (Lipinski definition) is 0. The number of benzene rings is 8. The predicted molar refractivity (Wildman–Crippen MR) is 227 cm³/mol. The van der Waals surface area contributed by atoms with E-state index in [1.54, 1.807) is 0 Å². The van der Waals surface area contributed by atoms with E-state index in [9.17, 15) is 0 Å². The van der Waals surface area contributed by atoms with Crippen molar-refractivity contribution in [2.24, 2.45) is 0 Å². The minimum Gasteiger partial charge on any atom is -0.455 e. The number of aryl methyl sites for hydroxylation is 1. The fraction of sp³-hybridized carbons (Fsp3) is 0.200. The second kappa shape index (κ2) is 12.3. The molecule has 2 heterocycles. The highest BCUT2D eigenvalue weighted by Gasteiger charge is 2.35. The number of fused-ring (bicyclic) bond motifs is 4. The third-order valence-corrected chi connectivity index (χ3v) is 12.2. The molecule has 0 atom stereocenters. The number of para-hydroxylation sites is 8. The molecule has 0 bridgehead atoms. The maximum Gasteiger partial charge on any atom is 0.231 e. The molecule has 8 aromatic carbocycles. The third kappa shape index (κ3) is 4.81. The predicted octanol–water partition coefficient (Wildman–Crippen LogP) is 13.3. The first-order valence-electron chi connectivity index (χ1n) is 19.7. The molecular weight excluding hydrogens is 693 g/mol. The molecule has 6 nitrogen and oxygen atoms in total. The Labute approximate surface area is 326 Å². The van der Waals surface area contributed by atoms with Gasteiger partial charge in [0.05, 0.1) is 34.1 Å². The Morgan fingerprint density at radius 2 is 0.946 bits per heavy atom. The molecule has 276 valence electrons. The summed E-state index contributed by atoms with van der Waals surface area (Å²) in [5, 5.41) is 7.65. The zero-order valence-corrected chi connectivity index (χ0v) is 32.1. The van der Waals surface area contributed by atoms with Gasteiger partial charge < -0.3 is 28.7 Å². The van der Waals surface area contributed by atoms with Crippen LogP contribution in [0.5, 0.6) is 23.0 Å². The maximum absolute atomic E-state index is 6.31. The Balaban J connectivity index is 1.31. The van der Waals surface area contributed by atoms with E-state index in [-0.39, 0.29) is 24.9 Å². The standard InChI is InChI=1S/C50H42N2O4/c1-30(2)34-27-42(52-39-15-7-11-19-45(39)55-29-56-46-20-12-8-16-40(46)52)35-26-36-47-31(23-24-50(36,3)4)25-41(33-22-21-32(34)48(35)49(33)47)51-37-13-5-9-17-43(37)53-28-54-44-18-10-6-14-38(44)51/h5-22,25-27,30H,23-24,28-29H2,1-4H3. The summed E-state index contributed by atoms with van der Waals surface area (Å²) in [6.07, 6.45) is 2.02. The Hall–Kier alpha value is -6.40. The number of nitrogens with zero attached hydrogens (tertiary/aromatic N) is 2. The van der Waals surface area contributed by atoms with E-state index < -0.39 is 0 Å². The summed E-state index contributed by atoms with van der Waals surface area (Å²) >= 11 is 0. The van der Waals surface area contributed by atoms with Gasteiger partial charge in [-0.25, -0.2) is 0 Å². The molecule has 0 spiro atoms. The summed E-state index contributed by atoms with van der Waals surface area (Å²) in [4.78, 5) is 4.72. The zero-order valence-electron chi connectivity index (χ0n) is 32.1. The van der Waals surface area contributed by atoms with E-state index in [1.165, 1.54) is 49.0 Å². The average Bonchev–Trinajstić information content (AvgIpc) is 3.20. The topological polar surface area (TPSA) is 43.4 Å². The van der Waals surface area contributed by atoms with Gasteiger partial charge >= 0.3 is 0 Å². The molecule has 0 amide bonds. The highest BCUT2D eigenvalue weighted by molar-refractivity contribution is 6.30. The van der Waals surface area contributed by atoms with Crippen molar-refractivity contribution in [3.63, 3.8) is 0 Å². The molecule has 6 heteroatoms. The fourth-order valence-electron chi connectivity index (χ4n) is 9.48. The monoisotopic (exact) mass is 734 g/mol. The summed E-state index contributed by atoms with van der Waals surface area (Å²) in [6, 6.07) is 45.4. The van der Waals surface area contributed by atoms with E-state index in [4.69, 9.17) is 18.9 Å². The Kier molecular flexibility index (Phi) is 7.25. The van der Waals surface area contributed by atoms with Gasteiger partial charge in [0.1, 0.15) is 23.0 Å². The fourth-order valence-corrected chi connectivity index (χ4v) is 9.48. The van der Waals surface area contributed by atoms with Crippen LogP contribution < -0.4 is 28.7 Å². The molecule has 0 unspecified atom stereocenters. The summed E-state index contributed by atoms with van der Waals surface area (Å²) in [6.45, 7) is 9.72. The molecule has 56 heavy (non-hydrogen) atoms. The second-order valence-corrected chi connectivity index (χ2v) is 16.2. The highest BCUT2D eigenvalue weighted by Crippen LogP contribution is 2.56. The third-order valence-electron chi connectivity index (χ3n) is 12.2. The Morgan fingerprint density at radius 3 is 1.45 bits per heavy atom. The molecule has 0 radical (unpaired) electrons. The van der Waals surface area contributed by atoms with Crippen LogP contribution in [0.25, 0.3) is 32.3 Å². The van der Waals surface area contributed by atoms with Crippen LogP contribution in [0.15, 0.2) is 127 Å². The Morgan fingerprint density at radius 1 is 0.482 bits per heavy atom. The van der Waals surface area contributed by atoms with Gasteiger partial charge in [0.25, 0.3) is 0 Å². The van der Waals surface area contributed by atoms with Crippen LogP contribution in [-0.4, -0.2) is 13.6 Å². The van der Waals surface area contributed by atoms with Crippen LogP contribution in [0.1, 0.15) is 56.7 Å². The first-order chi connectivity index (χ1) is 27.4. The molecule has 0 aromatic heterocycles. The number of anilines is 6. The maximum atomic E-state index is 6.31. The van der Waals surface area contributed by atoms with E-state index in [0.717, 1.165) is 70.0 Å². The van der Waals surface area contributed by atoms with Gasteiger partial charge in [-0.2, -0.15) is 0 Å². The largest absolute Gasteiger partial charge is 0.455 e. The van der Waals surface area contributed by atoms with Crippen molar-refractivity contribution in [2.45, 2.75) is 51.9 Å². The SMILES string of the molecule is CC(C)c1cc(N2c3ccccc3OCOc3ccccc32)c2cc3c4c(cc(N5c6ccccc6OCOc6ccccc65)c5ccc1c2c54)CCC3(C)C. The zero-order chi connectivity index (χ0) is 37.7. The molecule has 2 aliphatic heterocycles. The average molecular weight is 735 g/mol. The van der Waals surface area contributed by atoms with Gasteiger partial charge in [0, 0.05) is 16.2 Å². The van der Waals surface area contributed by atoms with Crippen LogP contribution in [0.4, 0.5) is 34.1 Å². The molecule has 0 fully saturated rings. The van der Waals surface area contributed by atoms with E-state index in [2.05, 4.69) is 116 Å². The molecule has 0 N–H and O–H groups in total. The molecule has 1 aliphatic carbocycles. The minimum absolute atomic E-state index is 0.0466. The molecule has 0 saturated carbocycles. The summed E-state index contributed by atoms with van der Waals surface area (Å²) in [7, 11) is 0. The number of ether oxygens (including phenoxy) is 4. The van der Waals surface area contributed by atoms with Crippen LogP contribution in [0.2, 0.25) is 0 Å². The lowest BCUT2D eigenvalue weighted by Crippen LogP contribution is -2.24. The van der Waals surface area contributed by atoms with Gasteiger partial charge in [-0.05, 0) is 124 Å². The summed E-state index contributed by atoms with van der Waals surface area (Å²) in [5.41, 5.74) is 10.2. The molecule has 8 aromatic rings. The van der Waals surface area contributed by atoms with Gasteiger partial charge in [0.2, 0.25) is 13.6 Å². The minimum atomic E-state index is -0.0466. The number of rotatable bonds is 3. The lowest BCUT2D eigenvalue weighted by Gasteiger charge is -2.38. The van der Waals surface area contributed by atoms with E-state index in [0.29, 0.717) is 0 Å². The first-order valence-corrected chi connectivity index (χ1v) is 19.7. The van der Waals surface area contributed by atoms with E-state index >= 15 is 0 Å². The highest BCUT2D eigenvalue weighted by atomic mass is 16.7. The number of hydrogen-bond acceptors (Lipinski definition) is 6. The smallest absolute Gasteiger partial charge is 0.231 e. The molecular formula is C50H42N2O4. The molecule has 0 saturated heterocycles. The molecule has 3 aliphatic rings. The van der Waals surface area contributed by atoms with Crippen molar-refractivity contribution in [1.29, 1.82) is 0 Å². The normalized spacial score (nSPS) is 15.7. The van der Waals surface area contributed by atoms with Crippen LogP contribution in [0, 0.1) is 0 Å². The second-order valence-electron chi connectivity index (χ2n) is 16.2. The van der Waals surface area contributed by atoms with Crippen molar-refractivity contribution in [3.05, 3.63) is 144 Å². The van der Waals surface area contributed by atoms with Crippen molar-refractivity contribution < 1.29 is 18.9 Å². The lowest BCUT2D eigenvalue weighted by atomic mass is 9.70. The Bertz CT molecular complexity index is 2760.